The average Bonchev–Trinajstić information content (AvgIpc) is 2.41. The first-order chi connectivity index (χ1) is 6.97. The van der Waals surface area contributed by atoms with Crippen LogP contribution < -0.4 is 5.69 Å². The highest BCUT2D eigenvalue weighted by atomic mass is 35.6. The van der Waals surface area contributed by atoms with E-state index in [0.29, 0.717) is 11.0 Å². The van der Waals surface area contributed by atoms with Crippen LogP contribution in [-0.4, -0.2) is 12.1 Å². The molecule has 1 aromatic heterocycles. The lowest BCUT2D eigenvalue weighted by Gasteiger charge is -2.09. The number of para-hydroxylation sites is 2. The van der Waals surface area contributed by atoms with Crippen molar-refractivity contribution in [3.05, 3.63) is 34.7 Å². The fraction of sp³-hybridized carbons (Fsp3) is 0.125. The van der Waals surface area contributed by atoms with Gasteiger partial charge in [0.25, 0.3) is 3.12 Å². The number of benzene rings is 1. The van der Waals surface area contributed by atoms with Gasteiger partial charge in [0.1, 0.15) is 0 Å². The van der Waals surface area contributed by atoms with Gasteiger partial charge in [-0.3, -0.25) is 0 Å². The molecule has 0 unspecified atom stereocenters. The maximum atomic E-state index is 11.5. The zero-order valence-corrected chi connectivity index (χ0v) is 10.3. The maximum Gasteiger partial charge on any atom is 0.336 e. The quantitative estimate of drug-likeness (QED) is 0.816. The van der Waals surface area contributed by atoms with E-state index < -0.39 is 3.12 Å². The molecule has 80 valence electrons. The minimum atomic E-state index is -1.56. The molecule has 2 rings (SSSR count). The van der Waals surface area contributed by atoms with E-state index in [1.54, 1.807) is 12.1 Å². The summed E-state index contributed by atoms with van der Waals surface area (Å²) in [6, 6.07) is 7.19. The molecule has 0 fully saturated rings. The largest absolute Gasteiger partial charge is 0.336 e. The molecule has 2 aromatic rings. The summed E-state index contributed by atoms with van der Waals surface area (Å²) in [6.07, 6.45) is 0. The molecule has 0 aliphatic rings. The van der Waals surface area contributed by atoms with Crippen LogP contribution in [0.4, 0.5) is 0 Å². The standard InChI is InChI=1S/C8H5Cl3N2OS/c9-8(10,11)15-13-6-4-2-1-3-5(6)12-7(13)14/h1-4H,(H,12,14). The molecular weight excluding hydrogens is 279 g/mol. The van der Waals surface area contributed by atoms with Crippen LogP contribution in [0.3, 0.4) is 0 Å². The zero-order chi connectivity index (χ0) is 11.1. The smallest absolute Gasteiger partial charge is 0.305 e. The number of alkyl halides is 3. The predicted octanol–water partition coefficient (Wildman–Crippen LogP) is 3.15. The molecule has 1 N–H and O–H groups in total. The lowest BCUT2D eigenvalue weighted by molar-refractivity contribution is 1.15. The molecule has 0 saturated heterocycles. The third-order valence-electron chi connectivity index (χ3n) is 1.74. The molecule has 1 heterocycles. The van der Waals surface area contributed by atoms with Crippen LogP contribution in [0.2, 0.25) is 0 Å². The second kappa shape index (κ2) is 3.94. The van der Waals surface area contributed by atoms with E-state index in [2.05, 4.69) is 4.98 Å². The fourth-order valence-corrected chi connectivity index (χ4v) is 2.44. The number of H-pyrrole nitrogens is 1. The Kier molecular flexibility index (Phi) is 2.94. The Bertz CT molecular complexity index is 543. The van der Waals surface area contributed by atoms with Crippen LogP contribution in [0.1, 0.15) is 0 Å². The number of imidazole rings is 1. The second-order valence-electron chi connectivity index (χ2n) is 2.78. The van der Waals surface area contributed by atoms with Gasteiger partial charge in [-0.2, -0.15) is 0 Å². The van der Waals surface area contributed by atoms with Gasteiger partial charge >= 0.3 is 5.69 Å². The molecule has 1 aromatic carbocycles. The molecule has 3 nitrogen and oxygen atoms in total. The van der Waals surface area contributed by atoms with Crippen LogP contribution in [0.25, 0.3) is 11.0 Å². The van der Waals surface area contributed by atoms with Crippen LogP contribution in [0, 0.1) is 0 Å². The van der Waals surface area contributed by atoms with Crippen molar-refractivity contribution in [3.63, 3.8) is 0 Å². The van der Waals surface area contributed by atoms with Crippen molar-refractivity contribution < 1.29 is 0 Å². The van der Waals surface area contributed by atoms with Gasteiger partial charge in [-0.15, -0.1) is 0 Å². The SMILES string of the molecule is O=c1[nH]c2ccccc2n1SC(Cl)(Cl)Cl. The minimum absolute atomic E-state index is 0.312. The van der Waals surface area contributed by atoms with Gasteiger partial charge in [0.05, 0.1) is 11.0 Å². The second-order valence-corrected chi connectivity index (χ2v) is 6.89. The summed E-state index contributed by atoms with van der Waals surface area (Å²) >= 11 is 17.7. The predicted molar refractivity (Wildman–Crippen MR) is 65.8 cm³/mol. The number of nitrogens with zero attached hydrogens (tertiary/aromatic N) is 1. The van der Waals surface area contributed by atoms with Crippen molar-refractivity contribution in [2.24, 2.45) is 0 Å². The Morgan fingerprint density at radius 3 is 2.60 bits per heavy atom. The molecule has 0 saturated carbocycles. The lowest BCUT2D eigenvalue weighted by atomic mass is 10.3. The van der Waals surface area contributed by atoms with Crippen molar-refractivity contribution in [1.82, 2.24) is 8.96 Å². The number of fused-ring (bicyclic) bond motifs is 1. The van der Waals surface area contributed by atoms with E-state index in [1.807, 2.05) is 12.1 Å². The summed E-state index contributed by atoms with van der Waals surface area (Å²) in [6.45, 7) is 0. The van der Waals surface area contributed by atoms with Gasteiger partial charge in [0, 0.05) is 11.9 Å². The third kappa shape index (κ3) is 2.45. The van der Waals surface area contributed by atoms with Crippen molar-refractivity contribution in [2.45, 2.75) is 3.12 Å². The Morgan fingerprint density at radius 1 is 1.27 bits per heavy atom. The van der Waals surface area contributed by atoms with Gasteiger partial charge in [-0.25, -0.2) is 8.77 Å². The summed E-state index contributed by atoms with van der Waals surface area (Å²) in [5, 5.41) is 0. The minimum Gasteiger partial charge on any atom is -0.305 e. The van der Waals surface area contributed by atoms with Gasteiger partial charge in [0.2, 0.25) is 0 Å². The summed E-state index contributed by atoms with van der Waals surface area (Å²) in [5.74, 6) is 0. The molecule has 7 heteroatoms. The summed E-state index contributed by atoms with van der Waals surface area (Å²) < 4.78 is -0.239. The number of rotatable bonds is 1. The molecule has 0 spiro atoms. The van der Waals surface area contributed by atoms with Crippen LogP contribution >= 0.6 is 46.8 Å². The van der Waals surface area contributed by atoms with E-state index in [4.69, 9.17) is 34.8 Å². The Labute approximate surface area is 104 Å². The fourth-order valence-electron chi connectivity index (χ4n) is 1.23. The highest BCUT2D eigenvalue weighted by Crippen LogP contribution is 2.39. The Hall–Kier alpha value is -0.290. The third-order valence-corrected chi connectivity index (χ3v) is 3.12. The van der Waals surface area contributed by atoms with E-state index in [9.17, 15) is 4.79 Å². The molecular formula is C8H5Cl3N2OS. The molecule has 0 bridgehead atoms. The molecule has 0 aliphatic carbocycles. The number of nitrogens with one attached hydrogen (secondary N) is 1. The molecule has 15 heavy (non-hydrogen) atoms. The topological polar surface area (TPSA) is 37.8 Å². The van der Waals surface area contributed by atoms with Gasteiger partial charge in [-0.1, -0.05) is 46.9 Å². The van der Waals surface area contributed by atoms with E-state index in [0.717, 1.165) is 11.9 Å². The van der Waals surface area contributed by atoms with Crippen LogP contribution in [0.15, 0.2) is 29.1 Å². The lowest BCUT2D eigenvalue weighted by Crippen LogP contribution is -2.14. The van der Waals surface area contributed by atoms with Crippen molar-refractivity contribution in [2.75, 3.05) is 0 Å². The number of hydrogen-bond donors (Lipinski definition) is 1. The first kappa shape index (κ1) is 11.2. The van der Waals surface area contributed by atoms with E-state index >= 15 is 0 Å². The monoisotopic (exact) mass is 282 g/mol. The van der Waals surface area contributed by atoms with Crippen LogP contribution in [-0.2, 0) is 0 Å². The molecule has 0 atom stereocenters. The summed E-state index contributed by atoms with van der Waals surface area (Å²) in [5.41, 5.74) is 1.09. The summed E-state index contributed by atoms with van der Waals surface area (Å²) in [7, 11) is 0. The van der Waals surface area contributed by atoms with Crippen molar-refractivity contribution in [1.29, 1.82) is 0 Å². The summed E-state index contributed by atoms with van der Waals surface area (Å²) in [4.78, 5) is 14.2. The van der Waals surface area contributed by atoms with Crippen molar-refractivity contribution >= 4 is 57.8 Å². The molecule has 0 radical (unpaired) electrons. The Balaban J connectivity index is 2.60. The van der Waals surface area contributed by atoms with Gasteiger partial charge < -0.3 is 4.98 Å². The number of hydrogen-bond acceptors (Lipinski definition) is 2. The van der Waals surface area contributed by atoms with Crippen molar-refractivity contribution in [3.8, 4) is 0 Å². The maximum absolute atomic E-state index is 11.5. The first-order valence-electron chi connectivity index (χ1n) is 3.93. The number of aromatic amines is 1. The highest BCUT2D eigenvalue weighted by molar-refractivity contribution is 8.03. The molecule has 0 aliphatic heterocycles. The van der Waals surface area contributed by atoms with Gasteiger partial charge in [-0.05, 0) is 12.1 Å². The van der Waals surface area contributed by atoms with Gasteiger partial charge in [0.15, 0.2) is 0 Å². The highest BCUT2D eigenvalue weighted by Gasteiger charge is 2.24. The normalized spacial score (nSPS) is 12.2. The Morgan fingerprint density at radius 2 is 1.93 bits per heavy atom. The molecule has 0 amide bonds. The zero-order valence-electron chi connectivity index (χ0n) is 7.21. The number of aromatic nitrogens is 2. The number of halogens is 3. The average molecular weight is 284 g/mol. The van der Waals surface area contributed by atoms with E-state index in [-0.39, 0.29) is 5.69 Å². The van der Waals surface area contributed by atoms with Crippen LogP contribution in [0.5, 0.6) is 0 Å². The first-order valence-corrected chi connectivity index (χ1v) is 5.84. The van der Waals surface area contributed by atoms with E-state index in [1.165, 1.54) is 3.97 Å².